The second-order valence-electron chi connectivity index (χ2n) is 5.21. The van der Waals surface area contributed by atoms with Crippen LogP contribution in [0.1, 0.15) is 19.3 Å². The van der Waals surface area contributed by atoms with Gasteiger partial charge in [-0.3, -0.25) is 19.2 Å². The highest BCUT2D eigenvalue weighted by Crippen LogP contribution is 2.01. The fourth-order valence-corrected chi connectivity index (χ4v) is 2.29. The molecule has 0 bridgehead atoms. The summed E-state index contributed by atoms with van der Waals surface area (Å²) in [4.78, 5) is 56.7. The highest BCUT2D eigenvalue weighted by atomic mass is 32.2. The van der Waals surface area contributed by atoms with Crippen LogP contribution in [0.4, 0.5) is 0 Å². The first kappa shape index (κ1) is 23.7. The van der Waals surface area contributed by atoms with Gasteiger partial charge in [-0.2, -0.15) is 11.8 Å². The molecule has 0 rings (SSSR count). The Balaban J connectivity index is 4.57. The van der Waals surface area contributed by atoms with Gasteiger partial charge in [0.1, 0.15) is 12.1 Å². The maximum absolute atomic E-state index is 12.1. The van der Waals surface area contributed by atoms with Crippen LogP contribution in [0.5, 0.6) is 0 Å². The average Bonchev–Trinajstić information content (AvgIpc) is 2.59. The molecule has 2 unspecified atom stereocenters. The molecule has 2 atom stereocenters. The number of nitrogens with two attached hydrogens (primary N) is 1. The summed E-state index contributed by atoms with van der Waals surface area (Å²) in [6.45, 7) is -0.794. The lowest BCUT2D eigenvalue weighted by molar-refractivity contribution is -0.143. The van der Waals surface area contributed by atoms with E-state index in [1.54, 1.807) is 0 Å². The molecule has 0 aliphatic heterocycles. The number of nitrogens with one attached hydrogen (secondary N) is 3. The molecule has 0 aromatic heterocycles. The Labute approximate surface area is 154 Å². The van der Waals surface area contributed by atoms with Gasteiger partial charge >= 0.3 is 11.9 Å². The van der Waals surface area contributed by atoms with Crippen LogP contribution < -0.4 is 21.7 Å². The van der Waals surface area contributed by atoms with Crippen molar-refractivity contribution in [1.82, 2.24) is 16.0 Å². The summed E-state index contributed by atoms with van der Waals surface area (Å²) in [5, 5.41) is 24.4. The van der Waals surface area contributed by atoms with Gasteiger partial charge in [-0.1, -0.05) is 0 Å². The van der Waals surface area contributed by atoms with Gasteiger partial charge in [-0.05, 0) is 24.9 Å². The van der Waals surface area contributed by atoms with E-state index < -0.39 is 54.7 Å². The van der Waals surface area contributed by atoms with E-state index in [0.717, 1.165) is 0 Å². The van der Waals surface area contributed by atoms with Crippen LogP contribution in [0.15, 0.2) is 0 Å². The monoisotopic (exact) mass is 392 g/mol. The molecule has 0 aliphatic rings. The Bertz CT molecular complexity index is 529. The van der Waals surface area contributed by atoms with Crippen LogP contribution in [0.3, 0.4) is 0 Å². The van der Waals surface area contributed by atoms with Gasteiger partial charge in [0.2, 0.25) is 17.7 Å². The van der Waals surface area contributed by atoms with Gasteiger partial charge in [0.25, 0.3) is 0 Å². The van der Waals surface area contributed by atoms with Crippen molar-refractivity contribution in [2.24, 2.45) is 5.73 Å². The molecule has 0 radical (unpaired) electrons. The Kier molecular flexibility index (Phi) is 11.8. The SMILES string of the molecule is CSCCC(NC(=O)CN)C(=O)NCC(=O)NC(CCC(=O)O)C(=O)O. The molecular formula is C14H24N4O7S. The molecule has 26 heavy (non-hydrogen) atoms. The summed E-state index contributed by atoms with van der Waals surface area (Å²) in [7, 11) is 0. The van der Waals surface area contributed by atoms with Crippen molar-refractivity contribution in [2.45, 2.75) is 31.3 Å². The Morgan fingerprint density at radius 2 is 1.62 bits per heavy atom. The van der Waals surface area contributed by atoms with E-state index in [9.17, 15) is 24.0 Å². The number of amides is 3. The third-order valence-corrected chi connectivity index (χ3v) is 3.80. The molecular weight excluding hydrogens is 368 g/mol. The lowest BCUT2D eigenvalue weighted by atomic mass is 10.1. The van der Waals surface area contributed by atoms with Crippen molar-refractivity contribution in [3.05, 3.63) is 0 Å². The van der Waals surface area contributed by atoms with Crippen LogP contribution >= 0.6 is 11.8 Å². The summed E-state index contributed by atoms with van der Waals surface area (Å²) in [6, 6.07) is -2.24. The molecule has 148 valence electrons. The number of hydrogen-bond donors (Lipinski definition) is 6. The van der Waals surface area contributed by atoms with Gasteiger partial charge in [-0.25, -0.2) is 4.79 Å². The van der Waals surface area contributed by atoms with Crippen molar-refractivity contribution in [3.8, 4) is 0 Å². The quantitative estimate of drug-likeness (QED) is 0.201. The summed E-state index contributed by atoms with van der Waals surface area (Å²) in [5.74, 6) is -3.88. The third kappa shape index (κ3) is 10.5. The molecule has 12 heteroatoms. The first-order valence-corrected chi connectivity index (χ1v) is 9.10. The largest absolute Gasteiger partial charge is 0.481 e. The maximum Gasteiger partial charge on any atom is 0.326 e. The molecule has 3 amide bonds. The number of carbonyl (C=O) groups is 5. The Morgan fingerprint density at radius 3 is 2.12 bits per heavy atom. The molecule has 0 saturated heterocycles. The highest BCUT2D eigenvalue weighted by Gasteiger charge is 2.23. The second kappa shape index (κ2) is 12.9. The Morgan fingerprint density at radius 1 is 1.00 bits per heavy atom. The number of rotatable bonds is 13. The van der Waals surface area contributed by atoms with Crippen LogP contribution in [0.25, 0.3) is 0 Å². The van der Waals surface area contributed by atoms with Crippen molar-refractivity contribution in [3.63, 3.8) is 0 Å². The van der Waals surface area contributed by atoms with Crippen LogP contribution in [0.2, 0.25) is 0 Å². The zero-order valence-corrected chi connectivity index (χ0v) is 15.1. The minimum atomic E-state index is -1.38. The van der Waals surface area contributed by atoms with E-state index in [-0.39, 0.29) is 13.0 Å². The van der Waals surface area contributed by atoms with E-state index in [1.807, 2.05) is 6.26 Å². The Hall–Kier alpha value is -2.34. The lowest BCUT2D eigenvalue weighted by Crippen LogP contribution is -2.51. The van der Waals surface area contributed by atoms with Gasteiger partial charge in [0.05, 0.1) is 13.1 Å². The van der Waals surface area contributed by atoms with Crippen LogP contribution in [-0.4, -0.2) is 77.1 Å². The topological polar surface area (TPSA) is 188 Å². The fraction of sp³-hybridized carbons (Fsp3) is 0.643. The molecule has 0 aromatic rings. The van der Waals surface area contributed by atoms with Crippen LogP contribution in [-0.2, 0) is 24.0 Å². The molecule has 0 heterocycles. The minimum Gasteiger partial charge on any atom is -0.481 e. The zero-order valence-electron chi connectivity index (χ0n) is 14.3. The normalized spacial score (nSPS) is 12.5. The van der Waals surface area contributed by atoms with Crippen molar-refractivity contribution in [2.75, 3.05) is 25.1 Å². The summed E-state index contributed by atoms with van der Waals surface area (Å²) in [5.41, 5.74) is 5.19. The van der Waals surface area contributed by atoms with Crippen molar-refractivity contribution >= 4 is 41.4 Å². The van der Waals surface area contributed by atoms with E-state index >= 15 is 0 Å². The molecule has 0 spiro atoms. The number of aliphatic carboxylic acids is 2. The van der Waals surface area contributed by atoms with Crippen LogP contribution in [0, 0.1) is 0 Å². The van der Waals surface area contributed by atoms with E-state index in [2.05, 4.69) is 16.0 Å². The predicted molar refractivity (Wildman–Crippen MR) is 93.4 cm³/mol. The van der Waals surface area contributed by atoms with Gasteiger partial charge in [0, 0.05) is 6.42 Å². The number of thioether (sulfide) groups is 1. The summed E-state index contributed by atoms with van der Waals surface area (Å²) in [6.07, 6.45) is 1.45. The van der Waals surface area contributed by atoms with Gasteiger partial charge < -0.3 is 31.9 Å². The third-order valence-electron chi connectivity index (χ3n) is 3.15. The molecule has 0 aliphatic carbocycles. The highest BCUT2D eigenvalue weighted by molar-refractivity contribution is 7.98. The fourth-order valence-electron chi connectivity index (χ4n) is 1.82. The predicted octanol–water partition coefficient (Wildman–Crippen LogP) is -2.27. The average molecular weight is 392 g/mol. The summed E-state index contributed by atoms with van der Waals surface area (Å²) >= 11 is 1.47. The molecule has 0 fully saturated rings. The minimum absolute atomic E-state index is 0.284. The smallest absolute Gasteiger partial charge is 0.326 e. The molecule has 0 aromatic carbocycles. The molecule has 7 N–H and O–H groups in total. The van der Waals surface area contributed by atoms with Gasteiger partial charge in [0.15, 0.2) is 0 Å². The molecule has 11 nitrogen and oxygen atoms in total. The first-order chi connectivity index (χ1) is 12.2. The number of carboxylic acid groups (broad SMARTS) is 2. The lowest BCUT2D eigenvalue weighted by Gasteiger charge is -2.18. The standard InChI is InChI=1S/C14H24N4O7S/c1-26-5-4-8(17-10(19)6-15)13(23)16-7-11(20)18-9(14(24)25)2-3-12(21)22/h8-9H,2-7,15H2,1H3,(H,16,23)(H,17,19)(H,18,20)(H,21,22)(H,24,25). The van der Waals surface area contributed by atoms with E-state index in [0.29, 0.717) is 12.2 Å². The summed E-state index contributed by atoms with van der Waals surface area (Å²) < 4.78 is 0. The number of carboxylic acids is 2. The van der Waals surface area contributed by atoms with Gasteiger partial charge in [-0.15, -0.1) is 0 Å². The first-order valence-electron chi connectivity index (χ1n) is 7.71. The molecule has 0 saturated carbocycles. The maximum atomic E-state index is 12.1. The van der Waals surface area contributed by atoms with E-state index in [1.165, 1.54) is 11.8 Å². The van der Waals surface area contributed by atoms with E-state index in [4.69, 9.17) is 15.9 Å². The number of hydrogen-bond acceptors (Lipinski definition) is 7. The second-order valence-corrected chi connectivity index (χ2v) is 6.20. The van der Waals surface area contributed by atoms with Crippen molar-refractivity contribution in [1.29, 1.82) is 0 Å². The van der Waals surface area contributed by atoms with Crippen molar-refractivity contribution < 1.29 is 34.2 Å². The zero-order chi connectivity index (χ0) is 20.1. The number of carbonyl (C=O) groups excluding carboxylic acids is 3.